The highest BCUT2D eigenvalue weighted by molar-refractivity contribution is 6.33. The Bertz CT molecular complexity index is 994. The van der Waals surface area contributed by atoms with Crippen LogP contribution in [0.4, 0.5) is 0 Å². The normalized spacial score (nSPS) is 10.8. The Morgan fingerprint density at radius 1 is 1.25 bits per heavy atom. The molecule has 6 heteroatoms. The van der Waals surface area contributed by atoms with Crippen LogP contribution in [0.3, 0.4) is 0 Å². The Morgan fingerprint density at radius 2 is 2.00 bits per heavy atom. The average molecular weight is 344 g/mol. The number of aryl methyl sites for hydroxylation is 1. The summed E-state index contributed by atoms with van der Waals surface area (Å²) in [5.74, 6) is -0.605. The fourth-order valence-corrected chi connectivity index (χ4v) is 2.61. The first-order valence-corrected chi connectivity index (χ1v) is 7.58. The molecule has 0 unspecified atom stereocenters. The third kappa shape index (κ3) is 2.98. The summed E-state index contributed by atoms with van der Waals surface area (Å²) in [6.07, 6.45) is 0. The number of rotatable bonds is 4. The van der Waals surface area contributed by atoms with Gasteiger partial charge in [-0.2, -0.15) is 0 Å². The van der Waals surface area contributed by atoms with Crippen LogP contribution in [0.5, 0.6) is 5.75 Å². The molecule has 2 aromatic carbocycles. The van der Waals surface area contributed by atoms with Gasteiger partial charge in [-0.25, -0.2) is 0 Å². The summed E-state index contributed by atoms with van der Waals surface area (Å²) in [6, 6.07) is 12.2. The predicted octanol–water partition coefficient (Wildman–Crippen LogP) is 3.29. The molecule has 0 bridgehead atoms. The minimum Gasteiger partial charge on any atom is -0.476 e. The van der Waals surface area contributed by atoms with Crippen molar-refractivity contribution in [3.63, 3.8) is 0 Å². The molecule has 0 saturated carbocycles. The van der Waals surface area contributed by atoms with Gasteiger partial charge in [0.15, 0.2) is 12.4 Å². The quantitative estimate of drug-likeness (QED) is 0.788. The van der Waals surface area contributed by atoms with E-state index in [1.54, 1.807) is 36.4 Å². The van der Waals surface area contributed by atoms with E-state index in [1.807, 2.05) is 13.0 Å². The van der Waals surface area contributed by atoms with E-state index < -0.39 is 12.5 Å². The third-order valence-corrected chi connectivity index (χ3v) is 3.81. The predicted molar refractivity (Wildman–Crippen MR) is 92.4 cm³/mol. The number of ether oxygens (including phenoxy) is 1. The maximum atomic E-state index is 12.8. The smallest absolute Gasteiger partial charge is 0.255 e. The summed E-state index contributed by atoms with van der Waals surface area (Å²) < 4.78 is 11.2. The van der Waals surface area contributed by atoms with Gasteiger partial charge >= 0.3 is 0 Å². The average Bonchev–Trinajstić information content (AvgIpc) is 2.55. The molecule has 0 fully saturated rings. The number of carbonyl (C=O) groups is 1. The second kappa shape index (κ2) is 6.37. The van der Waals surface area contributed by atoms with Crippen molar-refractivity contribution in [2.45, 2.75) is 6.92 Å². The Balaban J connectivity index is 2.31. The van der Waals surface area contributed by atoms with E-state index in [4.69, 9.17) is 26.5 Å². The lowest BCUT2D eigenvalue weighted by Crippen LogP contribution is -2.22. The molecular formula is C18H14ClNO4. The molecule has 1 amide bonds. The molecule has 0 saturated heterocycles. The van der Waals surface area contributed by atoms with Gasteiger partial charge in [0.2, 0.25) is 11.2 Å². The number of halogens is 1. The summed E-state index contributed by atoms with van der Waals surface area (Å²) in [7, 11) is 0. The van der Waals surface area contributed by atoms with Gasteiger partial charge in [-0.3, -0.25) is 9.59 Å². The van der Waals surface area contributed by atoms with Gasteiger partial charge in [-0.1, -0.05) is 35.4 Å². The highest BCUT2D eigenvalue weighted by Crippen LogP contribution is 2.35. The van der Waals surface area contributed by atoms with Crippen LogP contribution in [0, 0.1) is 6.92 Å². The van der Waals surface area contributed by atoms with Crippen molar-refractivity contribution in [1.29, 1.82) is 0 Å². The molecule has 2 N–H and O–H groups in total. The molecule has 3 rings (SSSR count). The topological polar surface area (TPSA) is 82.5 Å². The first-order valence-electron chi connectivity index (χ1n) is 7.21. The molecule has 122 valence electrons. The minimum atomic E-state index is -0.691. The maximum Gasteiger partial charge on any atom is 0.255 e. The van der Waals surface area contributed by atoms with Crippen LogP contribution >= 0.6 is 11.6 Å². The number of amides is 1. The Hall–Kier alpha value is -2.79. The molecule has 0 aliphatic carbocycles. The monoisotopic (exact) mass is 343 g/mol. The van der Waals surface area contributed by atoms with E-state index >= 15 is 0 Å². The lowest BCUT2D eigenvalue weighted by atomic mass is 10.1. The standard InChI is InChI=1S/C18H14ClNO4/c1-10-6-7-14-12(8-10)16(22)18(23-9-15(20)21)17(24-14)11-4-2-3-5-13(11)19/h2-8H,9H2,1H3,(H2,20,21). The van der Waals surface area contributed by atoms with Crippen LogP contribution in [0.25, 0.3) is 22.3 Å². The lowest BCUT2D eigenvalue weighted by molar-refractivity contribution is -0.119. The highest BCUT2D eigenvalue weighted by atomic mass is 35.5. The number of benzene rings is 2. The van der Waals surface area contributed by atoms with Crippen molar-refractivity contribution in [3.8, 4) is 17.1 Å². The first-order chi connectivity index (χ1) is 11.5. The summed E-state index contributed by atoms with van der Waals surface area (Å²) in [6.45, 7) is 1.43. The molecule has 1 aromatic heterocycles. The van der Waals surface area contributed by atoms with E-state index in [9.17, 15) is 9.59 Å². The molecule has 0 aliphatic rings. The van der Waals surface area contributed by atoms with Crippen LogP contribution in [-0.4, -0.2) is 12.5 Å². The highest BCUT2D eigenvalue weighted by Gasteiger charge is 2.20. The summed E-state index contributed by atoms with van der Waals surface area (Å²) in [5.41, 5.74) is 6.56. The van der Waals surface area contributed by atoms with Crippen LogP contribution in [-0.2, 0) is 4.79 Å². The number of hydrogen-bond acceptors (Lipinski definition) is 4. The van der Waals surface area contributed by atoms with Crippen molar-refractivity contribution < 1.29 is 13.9 Å². The van der Waals surface area contributed by atoms with Gasteiger partial charge in [-0.05, 0) is 31.2 Å². The van der Waals surface area contributed by atoms with E-state index in [2.05, 4.69) is 0 Å². The van der Waals surface area contributed by atoms with Crippen LogP contribution in [0.15, 0.2) is 51.7 Å². The molecule has 24 heavy (non-hydrogen) atoms. The number of fused-ring (bicyclic) bond motifs is 1. The molecule has 0 spiro atoms. The van der Waals surface area contributed by atoms with Crippen LogP contribution < -0.4 is 15.9 Å². The largest absolute Gasteiger partial charge is 0.476 e. The van der Waals surface area contributed by atoms with Gasteiger partial charge in [-0.15, -0.1) is 0 Å². The van der Waals surface area contributed by atoms with E-state index in [0.717, 1.165) is 5.56 Å². The Kier molecular flexibility index (Phi) is 4.27. The van der Waals surface area contributed by atoms with Crippen molar-refractivity contribution in [3.05, 3.63) is 63.3 Å². The number of nitrogens with two attached hydrogens (primary N) is 1. The lowest BCUT2D eigenvalue weighted by Gasteiger charge is -2.12. The minimum absolute atomic E-state index is 0.0833. The SMILES string of the molecule is Cc1ccc2oc(-c3ccccc3Cl)c(OCC(N)=O)c(=O)c2c1. The van der Waals surface area contributed by atoms with Crippen molar-refractivity contribution >= 4 is 28.5 Å². The van der Waals surface area contributed by atoms with Gasteiger partial charge < -0.3 is 14.9 Å². The maximum absolute atomic E-state index is 12.8. The van der Waals surface area contributed by atoms with Gasteiger partial charge in [0.05, 0.1) is 10.4 Å². The van der Waals surface area contributed by atoms with E-state index in [0.29, 0.717) is 21.6 Å². The molecule has 0 aliphatic heterocycles. The zero-order chi connectivity index (χ0) is 17.3. The molecule has 3 aromatic rings. The van der Waals surface area contributed by atoms with Crippen LogP contribution in [0.2, 0.25) is 5.02 Å². The molecular weight excluding hydrogens is 330 g/mol. The number of hydrogen-bond donors (Lipinski definition) is 1. The van der Waals surface area contributed by atoms with Gasteiger partial charge in [0.25, 0.3) is 5.91 Å². The number of carbonyl (C=O) groups excluding carboxylic acids is 1. The van der Waals surface area contributed by atoms with Crippen molar-refractivity contribution in [2.24, 2.45) is 5.73 Å². The molecule has 0 atom stereocenters. The zero-order valence-corrected chi connectivity index (χ0v) is 13.6. The Labute approximate surface area is 142 Å². The molecule has 5 nitrogen and oxygen atoms in total. The second-order valence-corrected chi connectivity index (χ2v) is 5.73. The molecule has 0 radical (unpaired) electrons. The van der Waals surface area contributed by atoms with E-state index in [1.165, 1.54) is 0 Å². The summed E-state index contributed by atoms with van der Waals surface area (Å²) >= 11 is 6.21. The van der Waals surface area contributed by atoms with Crippen molar-refractivity contribution in [2.75, 3.05) is 6.61 Å². The molecule has 1 heterocycles. The zero-order valence-electron chi connectivity index (χ0n) is 12.8. The van der Waals surface area contributed by atoms with Gasteiger partial charge in [0, 0.05) is 5.56 Å². The van der Waals surface area contributed by atoms with Gasteiger partial charge in [0.1, 0.15) is 5.58 Å². The fourth-order valence-electron chi connectivity index (χ4n) is 2.39. The van der Waals surface area contributed by atoms with Crippen LogP contribution in [0.1, 0.15) is 5.56 Å². The third-order valence-electron chi connectivity index (χ3n) is 3.48. The second-order valence-electron chi connectivity index (χ2n) is 5.32. The number of primary amides is 1. The van der Waals surface area contributed by atoms with E-state index in [-0.39, 0.29) is 16.9 Å². The Morgan fingerprint density at radius 3 is 2.71 bits per heavy atom. The summed E-state index contributed by atoms with van der Waals surface area (Å²) in [4.78, 5) is 23.9. The first kappa shape index (κ1) is 16.1. The van der Waals surface area contributed by atoms with Crippen molar-refractivity contribution in [1.82, 2.24) is 0 Å². The fraction of sp³-hybridized carbons (Fsp3) is 0.111. The summed E-state index contributed by atoms with van der Waals surface area (Å²) in [5, 5.41) is 0.765.